The minimum Gasteiger partial charge on any atom is -0.373 e. The van der Waals surface area contributed by atoms with Gasteiger partial charge in [-0.3, -0.25) is 14.5 Å². The Kier molecular flexibility index (Phi) is 6.44. The molecule has 30 heavy (non-hydrogen) atoms. The molecule has 3 saturated heterocycles. The second kappa shape index (κ2) is 9.06. The SMILES string of the molecule is Cc1ccc(CN2C[C@H](C(=O)N3CCC[C@@H]3CN3C[C@H](C)O[C@@H](C)C3)CC2=O)cc1. The van der Waals surface area contributed by atoms with Crippen molar-refractivity contribution in [3.8, 4) is 0 Å². The molecular weight excluding hydrogens is 378 g/mol. The number of benzene rings is 1. The van der Waals surface area contributed by atoms with Gasteiger partial charge in [-0.15, -0.1) is 0 Å². The van der Waals surface area contributed by atoms with Crippen molar-refractivity contribution >= 4 is 11.8 Å². The molecule has 4 atom stereocenters. The molecule has 0 spiro atoms. The smallest absolute Gasteiger partial charge is 0.228 e. The number of carbonyl (C=O) groups excluding carboxylic acids is 2. The fourth-order valence-electron chi connectivity index (χ4n) is 5.29. The van der Waals surface area contributed by atoms with Gasteiger partial charge in [-0.25, -0.2) is 0 Å². The quantitative estimate of drug-likeness (QED) is 0.744. The minimum absolute atomic E-state index is 0.0977. The van der Waals surface area contributed by atoms with Crippen molar-refractivity contribution < 1.29 is 14.3 Å². The lowest BCUT2D eigenvalue weighted by Gasteiger charge is -2.38. The summed E-state index contributed by atoms with van der Waals surface area (Å²) in [5.41, 5.74) is 2.33. The predicted molar refractivity (Wildman–Crippen MR) is 116 cm³/mol. The Hall–Kier alpha value is -1.92. The van der Waals surface area contributed by atoms with Gasteiger partial charge in [0, 0.05) is 51.7 Å². The zero-order valence-corrected chi connectivity index (χ0v) is 18.5. The van der Waals surface area contributed by atoms with E-state index in [1.54, 1.807) is 0 Å². The van der Waals surface area contributed by atoms with Gasteiger partial charge in [0.25, 0.3) is 0 Å². The predicted octanol–water partition coefficient (Wildman–Crippen LogP) is 2.44. The monoisotopic (exact) mass is 413 g/mol. The van der Waals surface area contributed by atoms with E-state index in [4.69, 9.17) is 4.74 Å². The zero-order valence-electron chi connectivity index (χ0n) is 18.5. The molecule has 0 aliphatic carbocycles. The zero-order chi connectivity index (χ0) is 21.3. The van der Waals surface area contributed by atoms with Crippen molar-refractivity contribution in [1.29, 1.82) is 0 Å². The van der Waals surface area contributed by atoms with Crippen molar-refractivity contribution in [1.82, 2.24) is 14.7 Å². The fraction of sp³-hybridized carbons (Fsp3) is 0.667. The van der Waals surface area contributed by atoms with Gasteiger partial charge in [-0.05, 0) is 39.2 Å². The van der Waals surface area contributed by atoms with E-state index < -0.39 is 0 Å². The van der Waals surface area contributed by atoms with E-state index in [2.05, 4.69) is 54.8 Å². The number of ether oxygens (including phenoxy) is 1. The number of hydrogen-bond donors (Lipinski definition) is 0. The Morgan fingerprint density at radius 3 is 2.50 bits per heavy atom. The highest BCUT2D eigenvalue weighted by atomic mass is 16.5. The Morgan fingerprint density at radius 1 is 1.10 bits per heavy atom. The molecule has 2 amide bonds. The molecule has 6 heteroatoms. The van der Waals surface area contributed by atoms with Crippen LogP contribution in [0.5, 0.6) is 0 Å². The van der Waals surface area contributed by atoms with E-state index in [-0.39, 0.29) is 36.0 Å². The molecule has 0 saturated carbocycles. The summed E-state index contributed by atoms with van der Waals surface area (Å²) in [6.45, 7) is 11.0. The molecule has 4 rings (SSSR count). The third kappa shape index (κ3) is 4.86. The summed E-state index contributed by atoms with van der Waals surface area (Å²) in [4.78, 5) is 32.3. The van der Waals surface area contributed by atoms with Crippen LogP contribution >= 0.6 is 0 Å². The molecule has 3 aliphatic rings. The molecule has 0 aromatic heterocycles. The van der Waals surface area contributed by atoms with E-state index in [9.17, 15) is 9.59 Å². The fourth-order valence-corrected chi connectivity index (χ4v) is 5.29. The number of amides is 2. The summed E-state index contributed by atoms with van der Waals surface area (Å²) >= 11 is 0. The van der Waals surface area contributed by atoms with E-state index in [1.165, 1.54) is 5.56 Å². The molecule has 3 fully saturated rings. The summed E-state index contributed by atoms with van der Waals surface area (Å²) < 4.78 is 5.85. The molecule has 1 aromatic rings. The van der Waals surface area contributed by atoms with Crippen LogP contribution in [0.3, 0.4) is 0 Å². The maximum atomic E-state index is 13.3. The van der Waals surface area contributed by atoms with Crippen molar-refractivity contribution in [3.05, 3.63) is 35.4 Å². The van der Waals surface area contributed by atoms with Gasteiger partial charge in [-0.2, -0.15) is 0 Å². The number of likely N-dealkylation sites (tertiary alicyclic amines) is 2. The van der Waals surface area contributed by atoms with Gasteiger partial charge >= 0.3 is 0 Å². The van der Waals surface area contributed by atoms with Crippen LogP contribution in [0.4, 0.5) is 0 Å². The number of nitrogens with zero attached hydrogens (tertiary/aromatic N) is 3. The maximum absolute atomic E-state index is 13.3. The van der Waals surface area contributed by atoms with Crippen LogP contribution in [0.1, 0.15) is 44.2 Å². The van der Waals surface area contributed by atoms with Crippen LogP contribution in [0.25, 0.3) is 0 Å². The van der Waals surface area contributed by atoms with Gasteiger partial charge in [0.05, 0.1) is 18.1 Å². The van der Waals surface area contributed by atoms with Gasteiger partial charge in [0.15, 0.2) is 0 Å². The van der Waals surface area contributed by atoms with Gasteiger partial charge in [0.2, 0.25) is 11.8 Å². The largest absolute Gasteiger partial charge is 0.373 e. The van der Waals surface area contributed by atoms with Gasteiger partial charge < -0.3 is 14.5 Å². The normalized spacial score (nSPS) is 30.3. The highest BCUT2D eigenvalue weighted by Crippen LogP contribution is 2.27. The first-order valence-electron chi connectivity index (χ1n) is 11.4. The number of morpholine rings is 1. The van der Waals surface area contributed by atoms with Crippen molar-refractivity contribution in [2.24, 2.45) is 5.92 Å². The molecule has 6 nitrogen and oxygen atoms in total. The third-order valence-corrected chi connectivity index (χ3v) is 6.68. The van der Waals surface area contributed by atoms with Gasteiger partial charge in [-0.1, -0.05) is 29.8 Å². The number of aryl methyl sites for hydroxylation is 1. The van der Waals surface area contributed by atoms with E-state index in [1.807, 2.05) is 4.90 Å². The van der Waals surface area contributed by atoms with Crippen LogP contribution in [-0.2, 0) is 20.9 Å². The third-order valence-electron chi connectivity index (χ3n) is 6.68. The van der Waals surface area contributed by atoms with Gasteiger partial charge in [0.1, 0.15) is 0 Å². The molecule has 0 N–H and O–H groups in total. The van der Waals surface area contributed by atoms with E-state index in [0.29, 0.717) is 19.5 Å². The summed E-state index contributed by atoms with van der Waals surface area (Å²) in [5.74, 6) is 0.0678. The minimum atomic E-state index is -0.203. The number of hydrogen-bond acceptors (Lipinski definition) is 4. The Morgan fingerprint density at radius 2 is 1.80 bits per heavy atom. The van der Waals surface area contributed by atoms with Crippen LogP contribution in [0, 0.1) is 12.8 Å². The van der Waals surface area contributed by atoms with Crippen LogP contribution in [0.15, 0.2) is 24.3 Å². The highest BCUT2D eigenvalue weighted by Gasteiger charge is 2.40. The molecule has 1 aromatic carbocycles. The Bertz CT molecular complexity index is 755. The van der Waals surface area contributed by atoms with Crippen LogP contribution < -0.4 is 0 Å². The molecule has 0 radical (unpaired) electrons. The number of rotatable bonds is 5. The van der Waals surface area contributed by atoms with Crippen LogP contribution in [-0.4, -0.2) is 77.5 Å². The van der Waals surface area contributed by atoms with E-state index >= 15 is 0 Å². The molecule has 0 unspecified atom stereocenters. The standard InChI is InChI=1S/C24H35N3O3/c1-17-6-8-20(9-7-17)14-26-15-21(11-23(26)28)24(29)27-10-4-5-22(27)16-25-12-18(2)30-19(3)13-25/h6-9,18-19,21-22H,4-5,10-16H2,1-3H3/t18-,19-,21+,22+/m0/s1. The summed E-state index contributed by atoms with van der Waals surface area (Å²) in [5, 5.41) is 0. The summed E-state index contributed by atoms with van der Waals surface area (Å²) in [6, 6.07) is 8.54. The maximum Gasteiger partial charge on any atom is 0.228 e. The Balaban J connectivity index is 1.35. The second-order valence-electron chi connectivity index (χ2n) is 9.46. The highest BCUT2D eigenvalue weighted by molar-refractivity contribution is 5.89. The molecule has 164 valence electrons. The molecule has 3 heterocycles. The Labute approximate surface area is 180 Å². The average Bonchev–Trinajstić information content (AvgIpc) is 3.29. The first-order chi connectivity index (χ1) is 14.4. The second-order valence-corrected chi connectivity index (χ2v) is 9.46. The van der Waals surface area contributed by atoms with Crippen molar-refractivity contribution in [2.45, 2.75) is 64.8 Å². The lowest BCUT2D eigenvalue weighted by atomic mass is 10.1. The lowest BCUT2D eigenvalue weighted by Crippen LogP contribution is -2.51. The molecule has 0 bridgehead atoms. The average molecular weight is 414 g/mol. The molecular formula is C24H35N3O3. The van der Waals surface area contributed by atoms with Crippen molar-refractivity contribution in [3.63, 3.8) is 0 Å². The first kappa shape index (κ1) is 21.3. The summed E-state index contributed by atoms with van der Waals surface area (Å²) in [6.07, 6.45) is 2.93. The lowest BCUT2D eigenvalue weighted by molar-refractivity contribution is -0.137. The number of carbonyl (C=O) groups is 2. The van der Waals surface area contributed by atoms with Crippen molar-refractivity contribution in [2.75, 3.05) is 32.7 Å². The molecule has 3 aliphatic heterocycles. The topological polar surface area (TPSA) is 53.1 Å². The summed E-state index contributed by atoms with van der Waals surface area (Å²) in [7, 11) is 0. The van der Waals surface area contributed by atoms with Crippen LogP contribution in [0.2, 0.25) is 0 Å². The van der Waals surface area contributed by atoms with E-state index in [0.717, 1.165) is 44.6 Å². The first-order valence-corrected chi connectivity index (χ1v) is 11.4.